The van der Waals surface area contributed by atoms with Crippen molar-refractivity contribution in [2.75, 3.05) is 18.6 Å². The Balaban J connectivity index is 1.68. The maximum absolute atomic E-state index is 10.4. The monoisotopic (exact) mass is 412 g/mol. The molecule has 1 fully saturated rings. The Kier molecular flexibility index (Phi) is 6.06. The maximum atomic E-state index is 10.4. The van der Waals surface area contributed by atoms with Crippen LogP contribution in [0.5, 0.6) is 5.75 Å². The molecule has 2 aliphatic rings. The zero-order valence-corrected chi connectivity index (χ0v) is 18.7. The lowest BCUT2D eigenvalue weighted by molar-refractivity contribution is -0.0163. The van der Waals surface area contributed by atoms with E-state index in [1.165, 1.54) is 0 Å². The number of likely N-dealkylation sites (tertiary alicyclic amines) is 1. The second kappa shape index (κ2) is 8.24. The highest BCUT2D eigenvalue weighted by molar-refractivity contribution is 5.72. The molecular formula is C23H36N6O. The molecule has 0 amide bonds. The molecule has 2 heterocycles. The van der Waals surface area contributed by atoms with E-state index in [2.05, 4.69) is 50.4 Å². The van der Waals surface area contributed by atoms with Crippen molar-refractivity contribution in [2.24, 2.45) is 11.5 Å². The zero-order valence-electron chi connectivity index (χ0n) is 18.7. The lowest BCUT2D eigenvalue weighted by Gasteiger charge is -2.53. The minimum absolute atomic E-state index is 0.0848. The highest BCUT2D eigenvalue weighted by Gasteiger charge is 2.42. The molecule has 7 N–H and O–H groups in total. The number of hydrogen-bond acceptors (Lipinski definition) is 7. The Morgan fingerprint density at radius 3 is 2.40 bits per heavy atom. The maximum Gasteiger partial charge on any atom is 0.127 e. The lowest BCUT2D eigenvalue weighted by atomic mass is 9.77. The third-order valence-electron chi connectivity index (χ3n) is 6.33. The molecule has 0 bridgehead atoms. The predicted octanol–water partition coefficient (Wildman–Crippen LogP) is 2.57. The molecule has 0 saturated carbocycles. The number of nitrogens with zero attached hydrogens (tertiary/aromatic N) is 2. The number of rotatable bonds is 5. The van der Waals surface area contributed by atoms with Crippen molar-refractivity contribution in [3.8, 4) is 5.75 Å². The molecule has 7 heteroatoms. The third kappa shape index (κ3) is 4.74. The number of piperidine rings is 1. The summed E-state index contributed by atoms with van der Waals surface area (Å²) in [5.41, 5.74) is 17.7. The number of nitrogens with one attached hydrogen (secondary N) is 2. The van der Waals surface area contributed by atoms with Gasteiger partial charge in [-0.2, -0.15) is 0 Å². The Bertz CT molecular complexity index is 852. The smallest absolute Gasteiger partial charge is 0.127 e. The zero-order chi connectivity index (χ0) is 22.1. The van der Waals surface area contributed by atoms with Gasteiger partial charge in [0.1, 0.15) is 5.75 Å². The number of benzene rings is 1. The van der Waals surface area contributed by atoms with Crippen molar-refractivity contribution in [3.05, 3.63) is 54.0 Å². The fraction of sp³-hybridized carbons (Fsp3) is 0.478. The van der Waals surface area contributed by atoms with Crippen molar-refractivity contribution in [3.63, 3.8) is 0 Å². The van der Waals surface area contributed by atoms with Gasteiger partial charge in [0.05, 0.1) is 11.5 Å². The highest BCUT2D eigenvalue weighted by atomic mass is 16.3. The van der Waals surface area contributed by atoms with Crippen molar-refractivity contribution in [1.82, 2.24) is 15.6 Å². The highest BCUT2D eigenvalue weighted by Crippen LogP contribution is 2.37. The van der Waals surface area contributed by atoms with Crippen LogP contribution >= 0.6 is 0 Å². The Morgan fingerprint density at radius 1 is 1.17 bits per heavy atom. The quantitative estimate of drug-likeness (QED) is 0.474. The first-order chi connectivity index (χ1) is 14.0. The molecular weight excluding hydrogens is 376 g/mol. The van der Waals surface area contributed by atoms with Gasteiger partial charge >= 0.3 is 0 Å². The second-order valence-corrected chi connectivity index (χ2v) is 9.50. The van der Waals surface area contributed by atoms with Gasteiger partial charge in [-0.25, -0.2) is 5.43 Å². The normalized spacial score (nSPS) is 22.5. The summed E-state index contributed by atoms with van der Waals surface area (Å²) >= 11 is 0. The second-order valence-electron chi connectivity index (χ2n) is 9.50. The summed E-state index contributed by atoms with van der Waals surface area (Å²) in [6.45, 7) is 9.83. The molecule has 1 aromatic carbocycles. The molecule has 1 saturated heterocycles. The summed E-state index contributed by atoms with van der Waals surface area (Å²) in [7, 11) is 2.19. The van der Waals surface area contributed by atoms with E-state index in [9.17, 15) is 5.11 Å². The third-order valence-corrected chi connectivity index (χ3v) is 6.33. The van der Waals surface area contributed by atoms with E-state index in [1.807, 2.05) is 29.4 Å². The number of aromatic hydroxyl groups is 1. The van der Waals surface area contributed by atoms with Gasteiger partial charge in [0.25, 0.3) is 0 Å². The fourth-order valence-electron chi connectivity index (χ4n) is 4.48. The van der Waals surface area contributed by atoms with E-state index in [0.717, 1.165) is 25.1 Å². The number of phenols is 1. The first-order valence-electron chi connectivity index (χ1n) is 10.5. The van der Waals surface area contributed by atoms with Gasteiger partial charge in [-0.15, -0.1) is 0 Å². The van der Waals surface area contributed by atoms with Crippen LogP contribution in [0.1, 0.15) is 46.1 Å². The molecule has 0 aliphatic carbocycles. The van der Waals surface area contributed by atoms with Crippen LogP contribution in [0.3, 0.4) is 0 Å². The molecule has 7 nitrogen and oxygen atoms in total. The Hall–Kier alpha value is -2.64. The Morgan fingerprint density at radius 2 is 1.83 bits per heavy atom. The Labute approximate surface area is 180 Å². The summed E-state index contributed by atoms with van der Waals surface area (Å²) in [4.78, 5) is 2.44. The molecule has 0 radical (unpaired) electrons. The largest absolute Gasteiger partial charge is 0.507 e. The van der Waals surface area contributed by atoms with Crippen molar-refractivity contribution >= 4 is 11.4 Å². The van der Waals surface area contributed by atoms with Gasteiger partial charge in [0, 0.05) is 47.2 Å². The minimum Gasteiger partial charge on any atom is -0.507 e. The van der Waals surface area contributed by atoms with Crippen LogP contribution in [0.15, 0.2) is 48.4 Å². The van der Waals surface area contributed by atoms with Crippen LogP contribution in [0.25, 0.3) is 5.70 Å². The molecule has 3 rings (SSSR count). The van der Waals surface area contributed by atoms with E-state index in [1.54, 1.807) is 18.2 Å². The summed E-state index contributed by atoms with van der Waals surface area (Å²) in [6, 6.07) is 5.69. The standard InChI is InChI=1S/C23H36N6O/c1-22(2)14-16(15-23(3,4)28(22)5)27-21(25)10-9-19(24)18-8-7-17(13-20(18)30)29-12-6-11-26-29/h6-10,12-13,16,26-27,30H,11,14-15,24-25H2,1-5H3/b19-9-,21-10+. The summed E-state index contributed by atoms with van der Waals surface area (Å²) in [6.07, 6.45) is 9.44. The molecule has 0 aromatic heterocycles. The average molecular weight is 413 g/mol. The van der Waals surface area contributed by atoms with Gasteiger partial charge in [0.15, 0.2) is 0 Å². The molecule has 30 heavy (non-hydrogen) atoms. The number of hydrazine groups is 1. The fourth-order valence-corrected chi connectivity index (χ4v) is 4.48. The van der Waals surface area contributed by atoms with E-state index < -0.39 is 0 Å². The average Bonchev–Trinajstić information content (AvgIpc) is 3.18. The van der Waals surface area contributed by atoms with Gasteiger partial charge in [-0.3, -0.25) is 9.91 Å². The van der Waals surface area contributed by atoms with Crippen LogP contribution in [0.2, 0.25) is 0 Å². The van der Waals surface area contributed by atoms with Crippen LogP contribution < -0.4 is 27.2 Å². The predicted molar refractivity (Wildman–Crippen MR) is 124 cm³/mol. The van der Waals surface area contributed by atoms with Crippen LogP contribution in [0.4, 0.5) is 5.69 Å². The first-order valence-corrected chi connectivity index (χ1v) is 10.5. The number of allylic oxidation sites excluding steroid dienone is 2. The topological polar surface area (TPSA) is 103 Å². The van der Waals surface area contributed by atoms with Crippen LogP contribution in [0, 0.1) is 0 Å². The molecule has 164 valence electrons. The van der Waals surface area contributed by atoms with E-state index in [4.69, 9.17) is 11.5 Å². The lowest BCUT2D eigenvalue weighted by Crippen LogP contribution is -2.62. The minimum atomic E-state index is 0.0848. The summed E-state index contributed by atoms with van der Waals surface area (Å²) < 4.78 is 0. The van der Waals surface area contributed by atoms with Crippen molar-refractivity contribution in [2.45, 2.75) is 57.7 Å². The molecule has 0 unspecified atom stereocenters. The number of phenolic OH excluding ortho intramolecular Hbond substituents is 1. The van der Waals surface area contributed by atoms with Gasteiger partial charge in [-0.05, 0) is 71.9 Å². The van der Waals surface area contributed by atoms with E-state index in [-0.39, 0.29) is 22.9 Å². The molecule has 0 spiro atoms. The van der Waals surface area contributed by atoms with Gasteiger partial charge in [-0.1, -0.05) is 6.08 Å². The summed E-state index contributed by atoms with van der Waals surface area (Å²) in [5, 5.41) is 15.7. The van der Waals surface area contributed by atoms with E-state index >= 15 is 0 Å². The molecule has 2 aliphatic heterocycles. The van der Waals surface area contributed by atoms with Crippen LogP contribution in [-0.4, -0.2) is 40.7 Å². The van der Waals surface area contributed by atoms with E-state index in [0.29, 0.717) is 17.1 Å². The number of hydrogen-bond donors (Lipinski definition) is 5. The SMILES string of the molecule is CN1C(C)(C)CC(N/C(N)=C/C=C(\N)c2ccc(N3C=CCN3)cc2O)CC1(C)C. The summed E-state index contributed by atoms with van der Waals surface area (Å²) in [5.74, 6) is 0.698. The van der Waals surface area contributed by atoms with Crippen LogP contribution in [-0.2, 0) is 0 Å². The molecule has 1 aromatic rings. The number of anilines is 1. The van der Waals surface area contributed by atoms with Gasteiger partial charge in [0.2, 0.25) is 0 Å². The van der Waals surface area contributed by atoms with Crippen molar-refractivity contribution in [1.29, 1.82) is 0 Å². The molecule has 0 atom stereocenters. The van der Waals surface area contributed by atoms with Crippen molar-refractivity contribution < 1.29 is 5.11 Å². The first kappa shape index (κ1) is 22.1. The number of nitrogens with two attached hydrogens (primary N) is 2. The van der Waals surface area contributed by atoms with Gasteiger partial charge < -0.3 is 21.9 Å².